The average molecular weight is 516 g/mol. The number of aromatic amines is 1. The summed E-state index contributed by atoms with van der Waals surface area (Å²) in [5, 5.41) is 12.7. The number of oxazole rings is 1. The number of carbonyl (C=O) groups excluding carboxylic acids is 3. The summed E-state index contributed by atoms with van der Waals surface area (Å²) in [5.41, 5.74) is 2.87. The van der Waals surface area contributed by atoms with Crippen LogP contribution in [0, 0.1) is 0 Å². The first-order valence-corrected chi connectivity index (χ1v) is 12.3. The lowest BCUT2D eigenvalue weighted by atomic mass is 10.1. The summed E-state index contributed by atoms with van der Waals surface area (Å²) in [6.45, 7) is 4.05. The molecule has 10 heteroatoms. The maximum absolute atomic E-state index is 12.9. The number of esters is 1. The fourth-order valence-corrected chi connectivity index (χ4v) is 3.91. The molecule has 0 saturated heterocycles. The third-order valence-electron chi connectivity index (χ3n) is 6.12. The molecule has 3 N–H and O–H groups in total. The normalized spacial score (nSPS) is 11.7. The van der Waals surface area contributed by atoms with Gasteiger partial charge in [0.15, 0.2) is 6.04 Å². The van der Waals surface area contributed by atoms with Gasteiger partial charge in [-0.3, -0.25) is 14.7 Å². The Bertz CT molecular complexity index is 1410. The van der Waals surface area contributed by atoms with E-state index < -0.39 is 17.9 Å². The number of aromatic nitrogens is 3. The van der Waals surface area contributed by atoms with Crippen molar-refractivity contribution in [2.75, 3.05) is 7.11 Å². The number of amides is 2. The molecule has 2 heterocycles. The van der Waals surface area contributed by atoms with Crippen molar-refractivity contribution < 1.29 is 23.5 Å². The molecule has 2 amide bonds. The second kappa shape index (κ2) is 12.0. The number of H-pyrrole nitrogens is 1. The van der Waals surface area contributed by atoms with Gasteiger partial charge < -0.3 is 19.8 Å². The summed E-state index contributed by atoms with van der Waals surface area (Å²) >= 11 is 0. The zero-order chi connectivity index (χ0) is 27.1. The number of rotatable bonds is 10. The van der Waals surface area contributed by atoms with Crippen LogP contribution in [-0.4, -0.2) is 46.1 Å². The van der Waals surface area contributed by atoms with E-state index >= 15 is 0 Å². The fraction of sp³-hybridized carbons (Fsp3) is 0.250. The van der Waals surface area contributed by atoms with Gasteiger partial charge in [-0.15, -0.1) is 0 Å². The summed E-state index contributed by atoms with van der Waals surface area (Å²) in [6, 6.07) is 16.8. The molecule has 1 unspecified atom stereocenters. The topological polar surface area (TPSA) is 139 Å². The summed E-state index contributed by atoms with van der Waals surface area (Å²) in [7, 11) is 1.26. The molecule has 4 rings (SSSR count). The standard InChI is InChI=1S/C28H29N5O5/c1-4-20(5-2)30-25(34)22-15-21(32-33-22)18-12-9-13-19(14-18)27-29-16-23(38-27)26(35)31-24(28(36)37-3)17-10-7-6-8-11-17/h6-16,20,24H,4-5H2,1-3H3,(H,30,34)(H,31,35)(H,32,33). The Kier molecular flexibility index (Phi) is 8.32. The molecule has 4 aromatic rings. The van der Waals surface area contributed by atoms with E-state index in [9.17, 15) is 14.4 Å². The van der Waals surface area contributed by atoms with Gasteiger partial charge in [-0.1, -0.05) is 56.3 Å². The molecule has 196 valence electrons. The minimum Gasteiger partial charge on any atom is -0.467 e. The molecule has 1 atom stereocenters. The number of nitrogens with zero attached hydrogens (tertiary/aromatic N) is 2. The number of carbonyl (C=O) groups is 3. The second-order valence-corrected chi connectivity index (χ2v) is 8.60. The van der Waals surface area contributed by atoms with E-state index in [4.69, 9.17) is 9.15 Å². The molecule has 0 spiro atoms. The number of hydrogen-bond acceptors (Lipinski definition) is 7. The molecule has 0 aliphatic carbocycles. The largest absolute Gasteiger partial charge is 0.467 e. The first kappa shape index (κ1) is 26.3. The average Bonchev–Trinajstić information content (AvgIpc) is 3.66. The van der Waals surface area contributed by atoms with E-state index in [1.165, 1.54) is 13.3 Å². The van der Waals surface area contributed by atoms with Gasteiger partial charge in [-0.25, -0.2) is 9.78 Å². The third-order valence-corrected chi connectivity index (χ3v) is 6.12. The molecule has 0 radical (unpaired) electrons. The lowest BCUT2D eigenvalue weighted by Crippen LogP contribution is -2.34. The van der Waals surface area contributed by atoms with E-state index in [0.29, 0.717) is 22.5 Å². The monoisotopic (exact) mass is 515 g/mol. The first-order valence-electron chi connectivity index (χ1n) is 12.3. The molecule has 0 aliphatic heterocycles. The van der Waals surface area contributed by atoms with Crippen LogP contribution in [0.25, 0.3) is 22.7 Å². The Morgan fingerprint density at radius 2 is 1.68 bits per heavy atom. The molecular formula is C28H29N5O5. The van der Waals surface area contributed by atoms with Gasteiger partial charge in [-0.05, 0) is 36.6 Å². The first-order chi connectivity index (χ1) is 18.4. The minimum absolute atomic E-state index is 0.0598. The van der Waals surface area contributed by atoms with Gasteiger partial charge >= 0.3 is 5.97 Å². The number of hydrogen-bond donors (Lipinski definition) is 3. The quantitative estimate of drug-likeness (QED) is 0.268. The summed E-state index contributed by atoms with van der Waals surface area (Å²) in [6.07, 6.45) is 2.99. The number of methoxy groups -OCH3 is 1. The van der Waals surface area contributed by atoms with Crippen LogP contribution in [0.1, 0.15) is 59.3 Å². The maximum atomic E-state index is 12.9. The summed E-state index contributed by atoms with van der Waals surface area (Å²) < 4.78 is 10.6. The van der Waals surface area contributed by atoms with Gasteiger partial charge in [-0.2, -0.15) is 5.10 Å². The van der Waals surface area contributed by atoms with Gasteiger partial charge in [0.05, 0.1) is 19.0 Å². The van der Waals surface area contributed by atoms with Crippen LogP contribution in [-0.2, 0) is 9.53 Å². The van der Waals surface area contributed by atoms with Crippen LogP contribution in [0.3, 0.4) is 0 Å². The summed E-state index contributed by atoms with van der Waals surface area (Å²) in [5.74, 6) is -1.27. The Morgan fingerprint density at radius 3 is 2.39 bits per heavy atom. The highest BCUT2D eigenvalue weighted by Gasteiger charge is 2.26. The molecule has 38 heavy (non-hydrogen) atoms. The maximum Gasteiger partial charge on any atom is 0.333 e. The Morgan fingerprint density at radius 1 is 0.947 bits per heavy atom. The molecule has 0 bridgehead atoms. The van der Waals surface area contributed by atoms with Crippen LogP contribution in [0.4, 0.5) is 0 Å². The molecule has 2 aromatic carbocycles. The lowest BCUT2D eigenvalue weighted by Gasteiger charge is -2.15. The van der Waals surface area contributed by atoms with E-state index in [1.807, 2.05) is 26.0 Å². The van der Waals surface area contributed by atoms with Crippen LogP contribution in [0.5, 0.6) is 0 Å². The highest BCUT2D eigenvalue weighted by Crippen LogP contribution is 2.26. The van der Waals surface area contributed by atoms with Crippen LogP contribution < -0.4 is 10.6 Å². The molecule has 2 aromatic heterocycles. The Balaban J connectivity index is 1.50. The van der Waals surface area contributed by atoms with Gasteiger partial charge in [0, 0.05) is 17.2 Å². The van der Waals surface area contributed by atoms with Gasteiger partial charge in [0.2, 0.25) is 11.7 Å². The predicted molar refractivity (Wildman–Crippen MR) is 140 cm³/mol. The van der Waals surface area contributed by atoms with Crippen LogP contribution in [0.15, 0.2) is 71.3 Å². The van der Waals surface area contributed by atoms with Gasteiger partial charge in [0.25, 0.3) is 11.8 Å². The van der Waals surface area contributed by atoms with Crippen molar-refractivity contribution in [3.8, 4) is 22.7 Å². The van der Waals surface area contributed by atoms with Crippen molar-refractivity contribution in [3.63, 3.8) is 0 Å². The van der Waals surface area contributed by atoms with Crippen LogP contribution in [0.2, 0.25) is 0 Å². The van der Waals surface area contributed by atoms with E-state index in [-0.39, 0.29) is 23.6 Å². The number of benzene rings is 2. The molecule has 0 saturated carbocycles. The van der Waals surface area contributed by atoms with Crippen molar-refractivity contribution in [2.24, 2.45) is 0 Å². The lowest BCUT2D eigenvalue weighted by molar-refractivity contribution is -0.143. The summed E-state index contributed by atoms with van der Waals surface area (Å²) in [4.78, 5) is 41.9. The molecule has 0 fully saturated rings. The van der Waals surface area contributed by atoms with Crippen molar-refractivity contribution in [1.29, 1.82) is 0 Å². The van der Waals surface area contributed by atoms with Gasteiger partial charge in [0.1, 0.15) is 5.69 Å². The fourth-order valence-electron chi connectivity index (χ4n) is 3.91. The van der Waals surface area contributed by atoms with Crippen molar-refractivity contribution in [1.82, 2.24) is 25.8 Å². The number of nitrogens with one attached hydrogen (secondary N) is 3. The SMILES string of the molecule is CCC(CC)NC(=O)c1cc(-c2cccc(-c3ncc(C(=O)NC(C(=O)OC)c4ccccc4)o3)c2)n[nH]1. The molecule has 0 aliphatic rings. The Hall–Kier alpha value is -4.73. The Labute approximate surface area is 219 Å². The van der Waals surface area contributed by atoms with E-state index in [0.717, 1.165) is 18.4 Å². The zero-order valence-electron chi connectivity index (χ0n) is 21.4. The molecule has 10 nitrogen and oxygen atoms in total. The van der Waals surface area contributed by atoms with Crippen molar-refractivity contribution >= 4 is 17.8 Å². The second-order valence-electron chi connectivity index (χ2n) is 8.60. The number of ether oxygens (including phenoxy) is 1. The van der Waals surface area contributed by atoms with Crippen molar-refractivity contribution in [2.45, 2.75) is 38.8 Å². The highest BCUT2D eigenvalue weighted by atomic mass is 16.5. The predicted octanol–water partition coefficient (Wildman–Crippen LogP) is 4.29. The van der Waals surface area contributed by atoms with E-state index in [1.54, 1.807) is 48.5 Å². The van der Waals surface area contributed by atoms with Crippen molar-refractivity contribution in [3.05, 3.63) is 83.9 Å². The third kappa shape index (κ3) is 5.97. The smallest absolute Gasteiger partial charge is 0.333 e. The minimum atomic E-state index is -0.999. The van der Waals surface area contributed by atoms with E-state index in [2.05, 4.69) is 25.8 Å². The zero-order valence-corrected chi connectivity index (χ0v) is 21.4. The molecular weight excluding hydrogens is 486 g/mol. The van der Waals surface area contributed by atoms with Crippen LogP contribution >= 0.6 is 0 Å². The highest BCUT2D eigenvalue weighted by molar-refractivity contribution is 5.95.